The molecule has 0 radical (unpaired) electrons. The third kappa shape index (κ3) is 3.99. The van der Waals surface area contributed by atoms with E-state index >= 15 is 0 Å². The van der Waals surface area contributed by atoms with E-state index in [9.17, 15) is 4.79 Å². The van der Waals surface area contributed by atoms with Crippen LogP contribution in [0.15, 0.2) is 92.0 Å². The van der Waals surface area contributed by atoms with E-state index in [1.54, 1.807) is 0 Å². The first kappa shape index (κ1) is 19.0. The highest BCUT2D eigenvalue weighted by Gasteiger charge is 2.28. The second kappa shape index (κ2) is 8.29. The molecule has 0 aliphatic rings. The van der Waals surface area contributed by atoms with Crippen molar-refractivity contribution in [2.24, 2.45) is 0 Å². The normalized spacial score (nSPS) is 10.6. The summed E-state index contributed by atoms with van der Waals surface area (Å²) in [4.78, 5) is 13.9. The van der Waals surface area contributed by atoms with Crippen molar-refractivity contribution >= 4 is 35.2 Å². The largest absolute Gasteiger partial charge is 0.288 e. The van der Waals surface area contributed by atoms with E-state index in [2.05, 4.69) is 13.2 Å². The Balaban J connectivity index is 2.25. The van der Waals surface area contributed by atoms with Gasteiger partial charge in [-0.05, 0) is 35.6 Å². The second-order valence-corrected chi connectivity index (χ2v) is 8.71. The number of benzene rings is 3. The van der Waals surface area contributed by atoms with Crippen LogP contribution in [0.4, 0.5) is 0 Å². The van der Waals surface area contributed by atoms with Crippen LogP contribution < -0.4 is 10.6 Å². The van der Waals surface area contributed by atoms with Gasteiger partial charge in [0.05, 0.1) is 0 Å². The first-order valence-corrected chi connectivity index (χ1v) is 10.2. The molecule has 0 atom stereocenters. The minimum atomic E-state index is -1.19. The molecule has 0 aromatic heterocycles. The average Bonchev–Trinajstić information content (AvgIpc) is 2.69. The zero-order chi connectivity index (χ0) is 19.4. The van der Waals surface area contributed by atoms with E-state index in [1.807, 2.05) is 92.7 Å². The van der Waals surface area contributed by atoms with Gasteiger partial charge in [-0.1, -0.05) is 103 Å². The van der Waals surface area contributed by atoms with Crippen LogP contribution in [0.25, 0.3) is 11.1 Å². The predicted molar refractivity (Wildman–Crippen MR) is 119 cm³/mol. The first-order valence-electron chi connectivity index (χ1n) is 8.90. The summed E-state index contributed by atoms with van der Waals surface area (Å²) >= 11 is 0. The summed E-state index contributed by atoms with van der Waals surface area (Å²) in [5, 5.41) is 2.10. The fraction of sp³-hybridized carbons (Fsp3) is 0.0800. The molecule has 0 saturated heterocycles. The fourth-order valence-corrected chi connectivity index (χ4v) is 5.32. The molecule has 0 bridgehead atoms. The Morgan fingerprint density at radius 1 is 0.667 bits per heavy atom. The van der Waals surface area contributed by atoms with Gasteiger partial charge in [-0.25, -0.2) is 0 Å². The molecule has 0 N–H and O–H groups in total. The zero-order valence-corrected chi connectivity index (χ0v) is 16.7. The van der Waals surface area contributed by atoms with Crippen LogP contribution in [0.3, 0.4) is 0 Å². The highest BCUT2D eigenvalue weighted by molar-refractivity contribution is 7.88. The molecule has 0 unspecified atom stereocenters. The maximum Gasteiger partial charge on any atom is 0.194 e. The predicted octanol–water partition coefficient (Wildman–Crippen LogP) is 6.03. The Labute approximate surface area is 162 Å². The molecule has 3 aromatic carbocycles. The topological polar surface area (TPSA) is 17.1 Å². The van der Waals surface area contributed by atoms with Crippen molar-refractivity contribution < 1.29 is 4.79 Å². The van der Waals surface area contributed by atoms with Crippen molar-refractivity contribution in [2.75, 3.05) is 0 Å². The third-order valence-electron chi connectivity index (χ3n) is 4.43. The lowest BCUT2D eigenvalue weighted by Gasteiger charge is -2.21. The SMILES string of the molecule is C=C(C)c1cccc(C(=C)C)c1C(=O)P(c1ccccc1)c1ccccc1. The standard InChI is InChI=1S/C25H23OP/c1-18(2)22-16-11-17-23(19(3)4)24(22)25(26)27(20-12-7-5-8-13-20)21-14-9-6-10-15-21/h5-17H,1,3H2,2,4H3. The molecular formula is C25H23OP. The molecule has 0 aliphatic heterocycles. The minimum Gasteiger partial charge on any atom is -0.288 e. The van der Waals surface area contributed by atoms with Crippen molar-refractivity contribution in [1.82, 2.24) is 0 Å². The van der Waals surface area contributed by atoms with E-state index in [0.29, 0.717) is 0 Å². The fourth-order valence-electron chi connectivity index (χ4n) is 3.14. The van der Waals surface area contributed by atoms with Gasteiger partial charge in [0.2, 0.25) is 0 Å². The number of hydrogen-bond donors (Lipinski definition) is 0. The molecule has 2 heteroatoms. The number of carbonyl (C=O) groups is 1. The maximum atomic E-state index is 13.9. The summed E-state index contributed by atoms with van der Waals surface area (Å²) in [7, 11) is -1.19. The quantitative estimate of drug-likeness (QED) is 0.485. The van der Waals surface area contributed by atoms with Gasteiger partial charge >= 0.3 is 0 Å². The van der Waals surface area contributed by atoms with E-state index < -0.39 is 7.92 Å². The summed E-state index contributed by atoms with van der Waals surface area (Å²) in [5.74, 6) is 0. The van der Waals surface area contributed by atoms with Crippen molar-refractivity contribution in [1.29, 1.82) is 0 Å². The van der Waals surface area contributed by atoms with Crippen molar-refractivity contribution in [2.45, 2.75) is 13.8 Å². The molecular weight excluding hydrogens is 347 g/mol. The second-order valence-electron chi connectivity index (χ2n) is 6.60. The van der Waals surface area contributed by atoms with Gasteiger partial charge < -0.3 is 0 Å². The van der Waals surface area contributed by atoms with E-state index in [4.69, 9.17) is 0 Å². The van der Waals surface area contributed by atoms with Gasteiger partial charge in [0.1, 0.15) is 0 Å². The Hall–Kier alpha value is -2.76. The molecule has 0 fully saturated rings. The number of hydrogen-bond acceptors (Lipinski definition) is 1. The van der Waals surface area contributed by atoms with Crippen LogP contribution in [0, 0.1) is 0 Å². The zero-order valence-electron chi connectivity index (χ0n) is 15.8. The van der Waals surface area contributed by atoms with E-state index in [-0.39, 0.29) is 5.52 Å². The van der Waals surface area contributed by atoms with Crippen LogP contribution in [0.2, 0.25) is 0 Å². The molecule has 27 heavy (non-hydrogen) atoms. The van der Waals surface area contributed by atoms with Gasteiger partial charge in [-0.3, -0.25) is 4.79 Å². The summed E-state index contributed by atoms with van der Waals surface area (Å²) in [6.45, 7) is 12.1. The van der Waals surface area contributed by atoms with Gasteiger partial charge in [0.25, 0.3) is 0 Å². The van der Waals surface area contributed by atoms with E-state index in [0.717, 1.165) is 38.4 Å². The van der Waals surface area contributed by atoms with Gasteiger partial charge in [-0.15, -0.1) is 0 Å². The molecule has 0 spiro atoms. The molecule has 0 heterocycles. The average molecular weight is 370 g/mol. The lowest BCUT2D eigenvalue weighted by atomic mass is 9.94. The van der Waals surface area contributed by atoms with Gasteiger partial charge in [-0.2, -0.15) is 0 Å². The summed E-state index contributed by atoms with van der Waals surface area (Å²) in [5.41, 5.74) is 4.45. The molecule has 3 aromatic rings. The van der Waals surface area contributed by atoms with Crippen molar-refractivity contribution in [3.63, 3.8) is 0 Å². The summed E-state index contributed by atoms with van der Waals surface area (Å²) < 4.78 is 0. The molecule has 0 saturated carbocycles. The van der Waals surface area contributed by atoms with E-state index in [1.165, 1.54) is 0 Å². The Morgan fingerprint density at radius 2 is 1.07 bits per heavy atom. The van der Waals surface area contributed by atoms with Crippen LogP contribution in [-0.4, -0.2) is 5.52 Å². The molecule has 3 rings (SSSR count). The number of carbonyl (C=O) groups excluding carboxylic acids is 1. The summed E-state index contributed by atoms with van der Waals surface area (Å²) in [6.07, 6.45) is 0. The molecule has 0 aliphatic carbocycles. The maximum absolute atomic E-state index is 13.9. The highest BCUT2D eigenvalue weighted by atomic mass is 31.1. The smallest absolute Gasteiger partial charge is 0.194 e. The monoisotopic (exact) mass is 370 g/mol. The van der Waals surface area contributed by atoms with Crippen LogP contribution >= 0.6 is 7.92 Å². The van der Waals surface area contributed by atoms with Crippen molar-refractivity contribution in [3.05, 3.63) is 109 Å². The Morgan fingerprint density at radius 3 is 1.44 bits per heavy atom. The molecule has 0 amide bonds. The minimum absolute atomic E-state index is 0.138. The number of rotatable bonds is 6. The molecule has 134 valence electrons. The first-order chi connectivity index (χ1) is 13.0. The lowest BCUT2D eigenvalue weighted by molar-refractivity contribution is 0.108. The number of allylic oxidation sites excluding steroid dienone is 2. The lowest BCUT2D eigenvalue weighted by Crippen LogP contribution is -2.20. The molecule has 1 nitrogen and oxygen atoms in total. The van der Waals surface area contributed by atoms with Crippen LogP contribution in [0.1, 0.15) is 35.3 Å². The van der Waals surface area contributed by atoms with Crippen LogP contribution in [0.5, 0.6) is 0 Å². The van der Waals surface area contributed by atoms with Crippen LogP contribution in [-0.2, 0) is 0 Å². The van der Waals surface area contributed by atoms with Gasteiger partial charge in [0.15, 0.2) is 5.52 Å². The van der Waals surface area contributed by atoms with Gasteiger partial charge in [0, 0.05) is 13.5 Å². The summed E-state index contributed by atoms with van der Waals surface area (Å²) in [6, 6.07) is 26.0. The van der Waals surface area contributed by atoms with Crippen molar-refractivity contribution in [3.8, 4) is 0 Å². The Kier molecular flexibility index (Phi) is 5.84. The highest BCUT2D eigenvalue weighted by Crippen LogP contribution is 2.41. The third-order valence-corrected chi connectivity index (χ3v) is 6.69. The Bertz CT molecular complexity index is 916.